The first-order valence-corrected chi connectivity index (χ1v) is 12.3. The fourth-order valence-electron chi connectivity index (χ4n) is 2.97. The minimum absolute atomic E-state index is 0.0321. The van der Waals surface area contributed by atoms with Crippen LogP contribution in [0, 0.1) is 11.8 Å². The molecule has 0 spiro atoms. The summed E-state index contributed by atoms with van der Waals surface area (Å²) in [5.41, 5.74) is -0.573. The zero-order valence-electron chi connectivity index (χ0n) is 22.7. The SMILES string of the molecule is C=C(C(=O)OCCC(C)OC(=O)C(=C)C(CC(=O)OCC)C(=O)OCC)C(CC(=O)OCC)C(=O)OCC. The van der Waals surface area contributed by atoms with Gasteiger partial charge in [-0.2, -0.15) is 0 Å². The lowest BCUT2D eigenvalue weighted by Crippen LogP contribution is -2.29. The number of carbonyl (C=O) groups is 6. The Morgan fingerprint density at radius 1 is 0.605 bits per heavy atom. The van der Waals surface area contributed by atoms with Crippen molar-refractivity contribution in [3.05, 3.63) is 24.3 Å². The van der Waals surface area contributed by atoms with Crippen LogP contribution in [-0.4, -0.2) is 75.0 Å². The van der Waals surface area contributed by atoms with Crippen molar-refractivity contribution in [1.29, 1.82) is 0 Å². The van der Waals surface area contributed by atoms with Gasteiger partial charge >= 0.3 is 35.8 Å². The van der Waals surface area contributed by atoms with Crippen LogP contribution in [0.1, 0.15) is 53.9 Å². The first kappa shape index (κ1) is 34.3. The number of rotatable bonds is 18. The first-order valence-electron chi connectivity index (χ1n) is 12.3. The maximum absolute atomic E-state index is 12.5. The third kappa shape index (κ3) is 12.5. The van der Waals surface area contributed by atoms with Gasteiger partial charge in [-0.25, -0.2) is 9.59 Å². The van der Waals surface area contributed by atoms with Gasteiger partial charge in [-0.15, -0.1) is 0 Å². The van der Waals surface area contributed by atoms with Crippen LogP contribution >= 0.6 is 0 Å². The molecule has 0 N–H and O–H groups in total. The van der Waals surface area contributed by atoms with Gasteiger partial charge in [0.05, 0.1) is 57.7 Å². The molecule has 0 aliphatic rings. The standard InChI is InChI=1S/C26H38O12/c1-8-33-21(27)14-19(25(31)35-10-3)17(6)23(29)37-13-12-16(5)38-24(30)18(7)20(26(32)36-11-4)15-22(28)34-9-2/h16,19-20H,6-15H2,1-5H3. The number of esters is 6. The summed E-state index contributed by atoms with van der Waals surface area (Å²) in [6.45, 7) is 15.0. The molecular weight excluding hydrogens is 504 g/mol. The molecular formula is C26H38O12. The Balaban J connectivity index is 5.03. The van der Waals surface area contributed by atoms with Gasteiger partial charge in [-0.3, -0.25) is 19.2 Å². The Morgan fingerprint density at radius 2 is 1.00 bits per heavy atom. The van der Waals surface area contributed by atoms with Crippen LogP contribution in [0.5, 0.6) is 0 Å². The molecule has 38 heavy (non-hydrogen) atoms. The van der Waals surface area contributed by atoms with E-state index in [0.29, 0.717) is 0 Å². The highest BCUT2D eigenvalue weighted by molar-refractivity contribution is 5.97. The lowest BCUT2D eigenvalue weighted by atomic mass is 9.97. The second-order valence-electron chi connectivity index (χ2n) is 7.82. The molecule has 0 aliphatic heterocycles. The van der Waals surface area contributed by atoms with Crippen LogP contribution in [0.25, 0.3) is 0 Å². The molecule has 3 atom stereocenters. The van der Waals surface area contributed by atoms with E-state index in [-0.39, 0.29) is 50.6 Å². The second kappa shape index (κ2) is 18.5. The van der Waals surface area contributed by atoms with Crippen molar-refractivity contribution in [2.24, 2.45) is 11.8 Å². The van der Waals surface area contributed by atoms with Crippen LogP contribution in [0.3, 0.4) is 0 Å². The van der Waals surface area contributed by atoms with Crippen LogP contribution in [0.4, 0.5) is 0 Å². The summed E-state index contributed by atoms with van der Waals surface area (Å²) in [7, 11) is 0. The lowest BCUT2D eigenvalue weighted by Gasteiger charge is -2.19. The summed E-state index contributed by atoms with van der Waals surface area (Å²) in [6, 6.07) is 0. The highest BCUT2D eigenvalue weighted by atomic mass is 16.6. The molecule has 0 fully saturated rings. The average molecular weight is 543 g/mol. The quantitative estimate of drug-likeness (QED) is 0.141. The topological polar surface area (TPSA) is 158 Å². The third-order valence-electron chi connectivity index (χ3n) is 4.93. The Labute approximate surface area is 222 Å². The molecule has 0 saturated heterocycles. The first-order chi connectivity index (χ1) is 17.9. The zero-order valence-corrected chi connectivity index (χ0v) is 22.7. The molecule has 0 amide bonds. The van der Waals surface area contributed by atoms with Gasteiger partial charge in [0, 0.05) is 17.6 Å². The van der Waals surface area contributed by atoms with Crippen LogP contribution in [0.15, 0.2) is 24.3 Å². The number of ether oxygens (including phenoxy) is 6. The number of carbonyl (C=O) groups excluding carboxylic acids is 6. The third-order valence-corrected chi connectivity index (χ3v) is 4.93. The molecule has 214 valence electrons. The summed E-state index contributed by atoms with van der Waals surface area (Å²) in [5, 5.41) is 0. The van der Waals surface area contributed by atoms with Gasteiger partial charge < -0.3 is 28.4 Å². The van der Waals surface area contributed by atoms with Crippen molar-refractivity contribution in [1.82, 2.24) is 0 Å². The number of hydrogen-bond donors (Lipinski definition) is 0. The molecule has 0 rings (SSSR count). The molecule has 0 saturated carbocycles. The van der Waals surface area contributed by atoms with Crippen molar-refractivity contribution >= 4 is 35.8 Å². The molecule has 0 heterocycles. The molecule has 0 aromatic carbocycles. The van der Waals surface area contributed by atoms with E-state index in [4.69, 9.17) is 28.4 Å². The van der Waals surface area contributed by atoms with Crippen molar-refractivity contribution in [2.45, 2.75) is 60.0 Å². The van der Waals surface area contributed by atoms with Gasteiger partial charge in [0.15, 0.2) is 0 Å². The predicted octanol–water partition coefficient (Wildman–Crippen LogP) is 2.23. The molecule has 0 aromatic heterocycles. The van der Waals surface area contributed by atoms with Gasteiger partial charge in [-0.1, -0.05) is 13.2 Å². The Hall–Kier alpha value is -3.70. The van der Waals surface area contributed by atoms with Crippen molar-refractivity contribution in [2.75, 3.05) is 33.0 Å². The van der Waals surface area contributed by atoms with E-state index in [1.807, 2.05) is 0 Å². The normalized spacial score (nSPS) is 12.7. The summed E-state index contributed by atoms with van der Waals surface area (Å²) in [5.74, 6) is -7.48. The molecule has 0 radical (unpaired) electrons. The molecule has 3 unspecified atom stereocenters. The summed E-state index contributed by atoms with van der Waals surface area (Å²) >= 11 is 0. The van der Waals surface area contributed by atoms with Gasteiger partial charge in [0.1, 0.15) is 6.10 Å². The van der Waals surface area contributed by atoms with Crippen molar-refractivity contribution < 1.29 is 57.2 Å². The van der Waals surface area contributed by atoms with Crippen molar-refractivity contribution in [3.63, 3.8) is 0 Å². The average Bonchev–Trinajstić information content (AvgIpc) is 2.85. The minimum atomic E-state index is -1.28. The maximum Gasteiger partial charge on any atom is 0.334 e. The summed E-state index contributed by atoms with van der Waals surface area (Å²) in [4.78, 5) is 73.1. The smallest absolute Gasteiger partial charge is 0.334 e. The highest BCUT2D eigenvalue weighted by Gasteiger charge is 2.33. The molecule has 0 aromatic rings. The minimum Gasteiger partial charge on any atom is -0.466 e. The Bertz CT molecular complexity index is 875. The maximum atomic E-state index is 12.5. The van der Waals surface area contributed by atoms with Crippen LogP contribution in [-0.2, 0) is 57.2 Å². The summed E-state index contributed by atoms with van der Waals surface area (Å²) in [6.07, 6.45) is -1.63. The van der Waals surface area contributed by atoms with E-state index in [1.54, 1.807) is 27.7 Å². The van der Waals surface area contributed by atoms with E-state index in [9.17, 15) is 28.8 Å². The van der Waals surface area contributed by atoms with Gasteiger partial charge in [-0.05, 0) is 34.6 Å². The molecule has 12 nitrogen and oxygen atoms in total. The highest BCUT2D eigenvalue weighted by Crippen LogP contribution is 2.21. The molecule has 0 aliphatic carbocycles. The zero-order chi connectivity index (χ0) is 29.3. The van der Waals surface area contributed by atoms with Gasteiger partial charge in [0.25, 0.3) is 0 Å². The Morgan fingerprint density at radius 3 is 1.39 bits per heavy atom. The van der Waals surface area contributed by atoms with Crippen molar-refractivity contribution in [3.8, 4) is 0 Å². The van der Waals surface area contributed by atoms with E-state index in [2.05, 4.69) is 13.2 Å². The second-order valence-corrected chi connectivity index (χ2v) is 7.82. The fraction of sp³-hybridized carbons (Fsp3) is 0.615. The van der Waals surface area contributed by atoms with Crippen LogP contribution in [0.2, 0.25) is 0 Å². The molecule has 0 bridgehead atoms. The van der Waals surface area contributed by atoms with E-state index < -0.39 is 66.6 Å². The Kier molecular flexibility index (Phi) is 16.7. The van der Waals surface area contributed by atoms with Crippen LogP contribution < -0.4 is 0 Å². The fourth-order valence-corrected chi connectivity index (χ4v) is 2.97. The largest absolute Gasteiger partial charge is 0.466 e. The monoisotopic (exact) mass is 542 g/mol. The van der Waals surface area contributed by atoms with E-state index in [1.165, 1.54) is 6.92 Å². The van der Waals surface area contributed by atoms with E-state index >= 15 is 0 Å². The lowest BCUT2D eigenvalue weighted by molar-refractivity contribution is -0.156. The number of hydrogen-bond acceptors (Lipinski definition) is 12. The predicted molar refractivity (Wildman–Crippen MR) is 132 cm³/mol. The summed E-state index contributed by atoms with van der Waals surface area (Å²) < 4.78 is 29.9. The van der Waals surface area contributed by atoms with Gasteiger partial charge in [0.2, 0.25) is 0 Å². The molecule has 12 heteroatoms. The van der Waals surface area contributed by atoms with E-state index in [0.717, 1.165) is 0 Å².